The molecule has 1 heterocycles. The van der Waals surface area contributed by atoms with E-state index in [0.717, 1.165) is 29.3 Å². The largest absolute Gasteiger partial charge is 0.360 e. The number of hydrogen-bond donors (Lipinski definition) is 1. The average Bonchev–Trinajstić information content (AvgIpc) is 2.56. The van der Waals surface area contributed by atoms with Crippen molar-refractivity contribution in [1.82, 2.24) is 9.36 Å². The Morgan fingerprint density at radius 2 is 2.42 bits per heavy atom. The van der Waals surface area contributed by atoms with Crippen LogP contribution in [0.4, 0.5) is 5.13 Å². The van der Waals surface area contributed by atoms with E-state index in [2.05, 4.69) is 21.6 Å². The highest BCUT2D eigenvalue weighted by atomic mass is 32.1. The molecule has 1 aliphatic rings. The Labute approximate surface area is 76.4 Å². The third-order valence-electron chi connectivity index (χ3n) is 2.32. The second-order valence-corrected chi connectivity index (χ2v) is 4.25. The first-order valence-corrected chi connectivity index (χ1v) is 5.07. The number of rotatable bonds is 3. The van der Waals surface area contributed by atoms with Crippen LogP contribution in [-0.2, 0) is 0 Å². The molecule has 0 bridgehead atoms. The van der Waals surface area contributed by atoms with Gasteiger partial charge in [-0.3, -0.25) is 0 Å². The van der Waals surface area contributed by atoms with Crippen molar-refractivity contribution in [2.45, 2.75) is 20.3 Å². The summed E-state index contributed by atoms with van der Waals surface area (Å²) in [4.78, 5) is 4.23. The Morgan fingerprint density at radius 1 is 1.67 bits per heavy atom. The zero-order valence-corrected chi connectivity index (χ0v) is 8.19. The first-order valence-electron chi connectivity index (χ1n) is 4.30. The lowest BCUT2D eigenvalue weighted by Gasteiger charge is -1.98. The van der Waals surface area contributed by atoms with E-state index >= 15 is 0 Å². The summed E-state index contributed by atoms with van der Waals surface area (Å²) < 4.78 is 4.10. The minimum absolute atomic E-state index is 0.867. The lowest BCUT2D eigenvalue weighted by atomic mass is 10.3. The molecule has 2 unspecified atom stereocenters. The fourth-order valence-corrected chi connectivity index (χ4v) is 1.85. The summed E-state index contributed by atoms with van der Waals surface area (Å²) in [5, 5.41) is 4.27. The number of nitrogens with one attached hydrogen (secondary N) is 1. The van der Waals surface area contributed by atoms with Gasteiger partial charge in [0.1, 0.15) is 5.82 Å². The van der Waals surface area contributed by atoms with Crippen molar-refractivity contribution in [1.29, 1.82) is 0 Å². The molecule has 1 aromatic rings. The number of nitrogens with zero attached hydrogens (tertiary/aromatic N) is 2. The maximum Gasteiger partial charge on any atom is 0.202 e. The summed E-state index contributed by atoms with van der Waals surface area (Å²) in [6.45, 7) is 5.27. The number of aromatic nitrogens is 2. The normalized spacial score (nSPS) is 27.2. The standard InChI is InChI=1S/C8H13N3S/c1-5-3-7(5)4-9-8-10-6(2)11-12-8/h5,7H,3-4H2,1-2H3,(H,9,10,11). The molecule has 1 N–H and O–H groups in total. The van der Waals surface area contributed by atoms with Crippen LogP contribution in [-0.4, -0.2) is 15.9 Å². The molecular weight excluding hydrogens is 170 g/mol. The predicted molar refractivity (Wildman–Crippen MR) is 50.4 cm³/mol. The van der Waals surface area contributed by atoms with E-state index in [0.29, 0.717) is 0 Å². The van der Waals surface area contributed by atoms with Crippen LogP contribution in [0.5, 0.6) is 0 Å². The predicted octanol–water partition coefficient (Wildman–Crippen LogP) is 1.91. The molecule has 2 atom stereocenters. The molecule has 1 aliphatic carbocycles. The van der Waals surface area contributed by atoms with Gasteiger partial charge in [0.25, 0.3) is 0 Å². The first-order chi connectivity index (χ1) is 5.75. The minimum Gasteiger partial charge on any atom is -0.360 e. The maximum atomic E-state index is 4.23. The monoisotopic (exact) mass is 183 g/mol. The van der Waals surface area contributed by atoms with Gasteiger partial charge in [-0.2, -0.15) is 4.37 Å². The lowest BCUT2D eigenvalue weighted by Crippen LogP contribution is -2.03. The van der Waals surface area contributed by atoms with E-state index in [1.54, 1.807) is 0 Å². The number of anilines is 1. The topological polar surface area (TPSA) is 37.8 Å². The average molecular weight is 183 g/mol. The molecule has 12 heavy (non-hydrogen) atoms. The van der Waals surface area contributed by atoms with E-state index < -0.39 is 0 Å². The van der Waals surface area contributed by atoms with Gasteiger partial charge in [-0.05, 0) is 25.2 Å². The molecule has 0 radical (unpaired) electrons. The second kappa shape index (κ2) is 3.01. The van der Waals surface area contributed by atoms with Gasteiger partial charge < -0.3 is 5.32 Å². The van der Waals surface area contributed by atoms with Crippen LogP contribution < -0.4 is 5.32 Å². The Hall–Kier alpha value is -0.640. The van der Waals surface area contributed by atoms with Gasteiger partial charge in [0.2, 0.25) is 5.13 Å². The Morgan fingerprint density at radius 3 is 2.92 bits per heavy atom. The van der Waals surface area contributed by atoms with E-state index in [4.69, 9.17) is 0 Å². The first kappa shape index (κ1) is 7.98. The van der Waals surface area contributed by atoms with Crippen molar-refractivity contribution in [3.63, 3.8) is 0 Å². The molecule has 0 aliphatic heterocycles. The molecule has 0 aromatic carbocycles. The van der Waals surface area contributed by atoms with Crippen LogP contribution in [0, 0.1) is 18.8 Å². The van der Waals surface area contributed by atoms with E-state index in [1.165, 1.54) is 18.0 Å². The molecule has 0 spiro atoms. The van der Waals surface area contributed by atoms with Crippen molar-refractivity contribution in [2.75, 3.05) is 11.9 Å². The molecule has 3 nitrogen and oxygen atoms in total. The molecule has 0 saturated heterocycles. The van der Waals surface area contributed by atoms with Crippen LogP contribution in [0.2, 0.25) is 0 Å². The molecule has 0 amide bonds. The summed E-state index contributed by atoms with van der Waals surface area (Å²) in [6.07, 6.45) is 1.37. The highest BCUT2D eigenvalue weighted by Crippen LogP contribution is 2.37. The smallest absolute Gasteiger partial charge is 0.202 e. The van der Waals surface area contributed by atoms with Gasteiger partial charge in [-0.15, -0.1) is 0 Å². The van der Waals surface area contributed by atoms with E-state index in [1.807, 2.05) is 6.92 Å². The molecule has 66 valence electrons. The highest BCUT2D eigenvalue weighted by molar-refractivity contribution is 7.09. The summed E-state index contributed by atoms with van der Waals surface area (Å²) in [5.74, 6) is 2.65. The van der Waals surface area contributed by atoms with Gasteiger partial charge in [-0.1, -0.05) is 6.92 Å². The van der Waals surface area contributed by atoms with E-state index in [9.17, 15) is 0 Å². The van der Waals surface area contributed by atoms with Gasteiger partial charge >= 0.3 is 0 Å². The van der Waals surface area contributed by atoms with Gasteiger partial charge in [0.15, 0.2) is 0 Å². The van der Waals surface area contributed by atoms with Crippen LogP contribution in [0.25, 0.3) is 0 Å². The van der Waals surface area contributed by atoms with Gasteiger partial charge in [0.05, 0.1) is 0 Å². The molecule has 1 fully saturated rings. The fourth-order valence-electron chi connectivity index (χ4n) is 1.27. The van der Waals surface area contributed by atoms with Crippen LogP contribution in [0.1, 0.15) is 19.2 Å². The molecule has 1 aromatic heterocycles. The summed E-state index contributed by atoms with van der Waals surface area (Å²) in [6, 6.07) is 0. The molecule has 2 rings (SSSR count). The van der Waals surface area contributed by atoms with Crippen molar-refractivity contribution in [2.24, 2.45) is 11.8 Å². The number of aryl methyl sites for hydroxylation is 1. The van der Waals surface area contributed by atoms with Crippen LogP contribution >= 0.6 is 11.5 Å². The third kappa shape index (κ3) is 1.75. The van der Waals surface area contributed by atoms with Crippen LogP contribution in [0.15, 0.2) is 0 Å². The Kier molecular flexibility index (Phi) is 2.00. The van der Waals surface area contributed by atoms with Crippen molar-refractivity contribution in [3.8, 4) is 0 Å². The summed E-state index contributed by atoms with van der Waals surface area (Å²) in [7, 11) is 0. The summed E-state index contributed by atoms with van der Waals surface area (Å²) >= 11 is 1.45. The highest BCUT2D eigenvalue weighted by Gasteiger charge is 2.31. The Balaban J connectivity index is 1.80. The fraction of sp³-hybridized carbons (Fsp3) is 0.750. The summed E-state index contributed by atoms with van der Waals surface area (Å²) in [5.41, 5.74) is 0. The van der Waals surface area contributed by atoms with Crippen molar-refractivity contribution < 1.29 is 0 Å². The van der Waals surface area contributed by atoms with E-state index in [-0.39, 0.29) is 0 Å². The SMILES string of the molecule is Cc1nsc(NCC2CC2C)n1. The molecule has 4 heteroatoms. The third-order valence-corrected chi connectivity index (χ3v) is 3.08. The second-order valence-electron chi connectivity index (χ2n) is 3.50. The van der Waals surface area contributed by atoms with Crippen LogP contribution in [0.3, 0.4) is 0 Å². The van der Waals surface area contributed by atoms with Crippen molar-refractivity contribution in [3.05, 3.63) is 5.82 Å². The zero-order chi connectivity index (χ0) is 8.55. The van der Waals surface area contributed by atoms with Gasteiger partial charge in [0, 0.05) is 18.1 Å². The number of hydrogen-bond acceptors (Lipinski definition) is 4. The molecule has 1 saturated carbocycles. The Bertz CT molecular complexity index is 271. The zero-order valence-electron chi connectivity index (χ0n) is 7.37. The van der Waals surface area contributed by atoms with Gasteiger partial charge in [-0.25, -0.2) is 4.98 Å². The quantitative estimate of drug-likeness (QED) is 0.778. The van der Waals surface area contributed by atoms with Crippen molar-refractivity contribution >= 4 is 16.7 Å². The maximum absolute atomic E-state index is 4.23. The molecular formula is C8H13N3S. The lowest BCUT2D eigenvalue weighted by molar-refractivity contribution is 0.786. The minimum atomic E-state index is 0.867.